The Morgan fingerprint density at radius 3 is 3.00 bits per heavy atom. The number of nitrogens with one attached hydrogen (secondary N) is 1. The van der Waals surface area contributed by atoms with Crippen LogP contribution in [0.1, 0.15) is 39.2 Å². The zero-order chi connectivity index (χ0) is 12.5. The van der Waals surface area contributed by atoms with E-state index in [9.17, 15) is 5.26 Å². The molecule has 1 saturated carbocycles. The van der Waals surface area contributed by atoms with E-state index in [1.165, 1.54) is 0 Å². The highest BCUT2D eigenvalue weighted by Gasteiger charge is 2.40. The van der Waals surface area contributed by atoms with Gasteiger partial charge in [-0.2, -0.15) is 10.4 Å². The molecule has 1 fully saturated rings. The molecule has 1 aromatic heterocycles. The average molecular weight is 253 g/mol. The van der Waals surface area contributed by atoms with Gasteiger partial charge in [-0.15, -0.1) is 0 Å². The summed E-state index contributed by atoms with van der Waals surface area (Å²) in [5, 5.41) is 17.6. The summed E-state index contributed by atoms with van der Waals surface area (Å²) in [4.78, 5) is 0. The first-order valence-electron chi connectivity index (χ1n) is 5.93. The number of rotatable bonds is 3. The van der Waals surface area contributed by atoms with Crippen LogP contribution in [0.4, 0.5) is 0 Å². The third-order valence-electron chi connectivity index (χ3n) is 3.21. The molecule has 5 heteroatoms. The van der Waals surface area contributed by atoms with Gasteiger partial charge in [-0.05, 0) is 26.7 Å². The molecule has 0 amide bonds. The maximum absolute atomic E-state index is 9.37. The van der Waals surface area contributed by atoms with Crippen molar-refractivity contribution in [1.29, 1.82) is 5.26 Å². The van der Waals surface area contributed by atoms with Crippen LogP contribution in [0.15, 0.2) is 12.4 Å². The monoisotopic (exact) mass is 252 g/mol. The van der Waals surface area contributed by atoms with Gasteiger partial charge in [0, 0.05) is 18.7 Å². The molecule has 0 radical (unpaired) electrons. The van der Waals surface area contributed by atoms with Crippen molar-refractivity contribution in [3.8, 4) is 6.07 Å². The predicted molar refractivity (Wildman–Crippen MR) is 66.7 cm³/mol. The van der Waals surface area contributed by atoms with Gasteiger partial charge in [-0.25, -0.2) is 0 Å². The van der Waals surface area contributed by atoms with E-state index in [1.54, 1.807) is 6.20 Å². The lowest BCUT2D eigenvalue weighted by Gasteiger charge is -2.25. The third kappa shape index (κ3) is 2.62. The molecule has 0 aliphatic heterocycles. The van der Waals surface area contributed by atoms with Gasteiger partial charge in [0.1, 0.15) is 5.54 Å². The zero-order valence-electron chi connectivity index (χ0n) is 10.2. The Bertz CT molecular complexity index is 434. The highest BCUT2D eigenvalue weighted by molar-refractivity contribution is 6.30. The van der Waals surface area contributed by atoms with Gasteiger partial charge >= 0.3 is 0 Å². The average Bonchev–Trinajstić information content (AvgIpc) is 2.85. The molecular weight excluding hydrogens is 236 g/mol. The van der Waals surface area contributed by atoms with Gasteiger partial charge in [0.05, 0.1) is 23.3 Å². The number of aromatic nitrogens is 2. The van der Waals surface area contributed by atoms with E-state index in [0.717, 1.165) is 19.3 Å². The first-order valence-corrected chi connectivity index (χ1v) is 6.31. The number of nitriles is 1. The van der Waals surface area contributed by atoms with E-state index in [1.807, 2.05) is 10.9 Å². The molecule has 1 aliphatic rings. The SMILES string of the molecule is CC(C)NC1(C#N)CCC(n2cc(Cl)cn2)C1. The Labute approximate surface area is 107 Å². The summed E-state index contributed by atoms with van der Waals surface area (Å²) in [6.07, 6.45) is 6.09. The Hall–Kier alpha value is -1.05. The summed E-state index contributed by atoms with van der Waals surface area (Å²) in [6.45, 7) is 4.13. The van der Waals surface area contributed by atoms with Crippen molar-refractivity contribution in [2.75, 3.05) is 0 Å². The van der Waals surface area contributed by atoms with E-state index in [0.29, 0.717) is 11.1 Å². The first-order chi connectivity index (χ1) is 8.04. The lowest BCUT2D eigenvalue weighted by atomic mass is 9.98. The summed E-state index contributed by atoms with van der Waals surface area (Å²) >= 11 is 5.86. The van der Waals surface area contributed by atoms with Crippen LogP contribution in [-0.4, -0.2) is 21.4 Å². The standard InChI is InChI=1S/C12H17ClN4/c1-9(2)16-12(8-14)4-3-11(5-12)17-7-10(13)6-15-17/h6-7,9,11,16H,3-5H2,1-2H3. The summed E-state index contributed by atoms with van der Waals surface area (Å²) in [7, 11) is 0. The minimum atomic E-state index is -0.405. The molecule has 2 atom stereocenters. The fourth-order valence-electron chi connectivity index (χ4n) is 2.58. The van der Waals surface area contributed by atoms with Crippen molar-refractivity contribution in [1.82, 2.24) is 15.1 Å². The summed E-state index contributed by atoms with van der Waals surface area (Å²) in [5.41, 5.74) is -0.405. The highest BCUT2D eigenvalue weighted by atomic mass is 35.5. The molecule has 92 valence electrons. The van der Waals surface area contributed by atoms with Crippen LogP contribution in [0.3, 0.4) is 0 Å². The van der Waals surface area contributed by atoms with Gasteiger partial charge in [0.2, 0.25) is 0 Å². The number of hydrogen-bond acceptors (Lipinski definition) is 3. The van der Waals surface area contributed by atoms with Gasteiger partial charge < -0.3 is 0 Å². The molecule has 1 heterocycles. The zero-order valence-corrected chi connectivity index (χ0v) is 10.9. The molecule has 17 heavy (non-hydrogen) atoms. The van der Waals surface area contributed by atoms with Crippen molar-refractivity contribution >= 4 is 11.6 Å². The second kappa shape index (κ2) is 4.67. The minimum Gasteiger partial charge on any atom is -0.297 e. The van der Waals surface area contributed by atoms with Crippen LogP contribution in [0.25, 0.3) is 0 Å². The van der Waals surface area contributed by atoms with Gasteiger partial charge in [-0.3, -0.25) is 10.00 Å². The maximum atomic E-state index is 9.37. The molecule has 1 aliphatic carbocycles. The van der Waals surface area contributed by atoms with Gasteiger partial charge in [0.25, 0.3) is 0 Å². The van der Waals surface area contributed by atoms with Crippen LogP contribution in [0, 0.1) is 11.3 Å². The minimum absolute atomic E-state index is 0.272. The molecule has 1 N–H and O–H groups in total. The third-order valence-corrected chi connectivity index (χ3v) is 3.41. The Morgan fingerprint density at radius 1 is 1.71 bits per heavy atom. The largest absolute Gasteiger partial charge is 0.297 e. The van der Waals surface area contributed by atoms with E-state index in [-0.39, 0.29) is 6.04 Å². The smallest absolute Gasteiger partial charge is 0.109 e. The first kappa shape index (κ1) is 12.4. The Balaban J connectivity index is 2.10. The van der Waals surface area contributed by atoms with E-state index in [4.69, 9.17) is 11.6 Å². The lowest BCUT2D eigenvalue weighted by Crippen LogP contribution is -2.45. The molecule has 0 bridgehead atoms. The molecule has 0 saturated heterocycles. The van der Waals surface area contributed by atoms with Crippen molar-refractivity contribution < 1.29 is 0 Å². The van der Waals surface area contributed by atoms with Gasteiger partial charge in [-0.1, -0.05) is 11.6 Å². The molecule has 0 aromatic carbocycles. The maximum Gasteiger partial charge on any atom is 0.109 e. The highest BCUT2D eigenvalue weighted by Crippen LogP contribution is 2.37. The van der Waals surface area contributed by atoms with E-state index in [2.05, 4.69) is 30.3 Å². The summed E-state index contributed by atoms with van der Waals surface area (Å²) < 4.78 is 1.88. The van der Waals surface area contributed by atoms with E-state index >= 15 is 0 Å². The summed E-state index contributed by atoms with van der Waals surface area (Å²) in [5.74, 6) is 0. The fourth-order valence-corrected chi connectivity index (χ4v) is 2.72. The fraction of sp³-hybridized carbons (Fsp3) is 0.667. The van der Waals surface area contributed by atoms with Crippen molar-refractivity contribution in [3.63, 3.8) is 0 Å². The molecule has 2 unspecified atom stereocenters. The van der Waals surface area contributed by atoms with Crippen LogP contribution < -0.4 is 5.32 Å². The van der Waals surface area contributed by atoms with E-state index < -0.39 is 5.54 Å². The molecule has 2 rings (SSSR count). The number of nitrogens with zero attached hydrogens (tertiary/aromatic N) is 3. The van der Waals surface area contributed by atoms with Crippen LogP contribution in [-0.2, 0) is 0 Å². The van der Waals surface area contributed by atoms with Gasteiger partial charge in [0.15, 0.2) is 0 Å². The topological polar surface area (TPSA) is 53.6 Å². The molecule has 0 spiro atoms. The van der Waals surface area contributed by atoms with Crippen molar-refractivity contribution in [2.24, 2.45) is 0 Å². The predicted octanol–water partition coefficient (Wildman–Crippen LogP) is 2.52. The number of hydrogen-bond donors (Lipinski definition) is 1. The van der Waals surface area contributed by atoms with Crippen LogP contribution in [0.5, 0.6) is 0 Å². The van der Waals surface area contributed by atoms with Crippen LogP contribution in [0.2, 0.25) is 5.02 Å². The van der Waals surface area contributed by atoms with Crippen LogP contribution >= 0.6 is 11.6 Å². The molecular formula is C12H17ClN4. The van der Waals surface area contributed by atoms with Crippen molar-refractivity contribution in [3.05, 3.63) is 17.4 Å². The number of halogens is 1. The molecule has 1 aromatic rings. The molecule has 4 nitrogen and oxygen atoms in total. The van der Waals surface area contributed by atoms with Crippen molar-refractivity contribution in [2.45, 2.75) is 50.7 Å². The summed E-state index contributed by atoms with van der Waals surface area (Å²) in [6, 6.07) is 3.02. The quantitative estimate of drug-likeness (QED) is 0.899. The Kier molecular flexibility index (Phi) is 3.41. The lowest BCUT2D eigenvalue weighted by molar-refractivity contribution is 0.361. The Morgan fingerprint density at radius 2 is 2.47 bits per heavy atom. The normalized spacial score (nSPS) is 28.5. The second-order valence-corrected chi connectivity index (χ2v) is 5.46. The second-order valence-electron chi connectivity index (χ2n) is 5.03.